The lowest BCUT2D eigenvalue weighted by molar-refractivity contribution is -0.115. The number of nitrogens with zero attached hydrogens (tertiary/aromatic N) is 4. The van der Waals surface area contributed by atoms with Crippen molar-refractivity contribution in [2.24, 2.45) is 7.05 Å². The summed E-state index contributed by atoms with van der Waals surface area (Å²) in [5.74, 6) is 1.22. The van der Waals surface area contributed by atoms with Crippen LogP contribution >= 0.6 is 11.6 Å². The molecule has 4 aromatic rings. The highest BCUT2D eigenvalue weighted by Gasteiger charge is 2.12. The van der Waals surface area contributed by atoms with Crippen LogP contribution in [0.25, 0.3) is 11.1 Å². The molecule has 0 spiro atoms. The van der Waals surface area contributed by atoms with E-state index < -0.39 is 0 Å². The standard InChI is InChI=1S/C24H19ClN6O/c1-31-23(9-11-28-31)30-22-13-17(8-10-27-22)16-6-7-21(19(12-16)15-26)29-24(32)14-18-4-2-3-5-20(18)25/h2-13H,14H2,1H3,(H,27,30)(H,29,32). The van der Waals surface area contributed by atoms with Crippen LogP contribution in [-0.2, 0) is 18.3 Å². The van der Waals surface area contributed by atoms with E-state index in [2.05, 4.69) is 26.8 Å². The van der Waals surface area contributed by atoms with Crippen molar-refractivity contribution in [3.63, 3.8) is 0 Å². The molecule has 0 atom stereocenters. The van der Waals surface area contributed by atoms with E-state index in [4.69, 9.17) is 11.6 Å². The minimum absolute atomic E-state index is 0.125. The number of hydrogen-bond acceptors (Lipinski definition) is 5. The van der Waals surface area contributed by atoms with Crippen molar-refractivity contribution in [1.82, 2.24) is 14.8 Å². The van der Waals surface area contributed by atoms with Gasteiger partial charge in [0, 0.05) is 24.3 Å². The van der Waals surface area contributed by atoms with E-state index in [9.17, 15) is 10.1 Å². The third-order valence-electron chi connectivity index (χ3n) is 4.89. The Bertz CT molecular complexity index is 1320. The second-order valence-electron chi connectivity index (χ2n) is 7.08. The summed E-state index contributed by atoms with van der Waals surface area (Å²) in [7, 11) is 1.84. The number of pyridine rings is 1. The second kappa shape index (κ2) is 9.33. The zero-order chi connectivity index (χ0) is 22.5. The molecule has 0 saturated carbocycles. The Kier molecular flexibility index (Phi) is 6.15. The number of carbonyl (C=O) groups is 1. The molecule has 0 aliphatic carbocycles. The van der Waals surface area contributed by atoms with Gasteiger partial charge in [-0.05, 0) is 47.0 Å². The van der Waals surface area contributed by atoms with E-state index in [1.54, 1.807) is 41.3 Å². The number of carbonyl (C=O) groups excluding carboxylic acids is 1. The Morgan fingerprint density at radius 1 is 1.09 bits per heavy atom. The van der Waals surface area contributed by atoms with Crippen LogP contribution in [0.2, 0.25) is 5.02 Å². The predicted octanol–water partition coefficient (Wildman–Crippen LogP) is 4.93. The summed E-state index contributed by atoms with van der Waals surface area (Å²) in [6.07, 6.45) is 3.52. The first kappa shape index (κ1) is 21.1. The molecule has 7 nitrogen and oxygen atoms in total. The molecule has 0 aliphatic rings. The molecule has 0 radical (unpaired) electrons. The number of anilines is 3. The van der Waals surface area contributed by atoms with E-state index in [1.165, 1.54) is 0 Å². The van der Waals surface area contributed by atoms with Gasteiger partial charge in [-0.2, -0.15) is 10.4 Å². The molecule has 0 fully saturated rings. The molecule has 2 aromatic carbocycles. The maximum Gasteiger partial charge on any atom is 0.228 e. The third-order valence-corrected chi connectivity index (χ3v) is 5.26. The summed E-state index contributed by atoms with van der Waals surface area (Å²) in [4.78, 5) is 16.8. The van der Waals surface area contributed by atoms with Gasteiger partial charge < -0.3 is 10.6 Å². The number of benzene rings is 2. The smallest absolute Gasteiger partial charge is 0.228 e. The zero-order valence-corrected chi connectivity index (χ0v) is 18.0. The largest absolute Gasteiger partial charge is 0.325 e. The number of rotatable bonds is 6. The third kappa shape index (κ3) is 4.77. The molecule has 4 rings (SSSR count). The van der Waals surface area contributed by atoms with Crippen molar-refractivity contribution in [3.05, 3.63) is 89.2 Å². The van der Waals surface area contributed by atoms with E-state index >= 15 is 0 Å². The van der Waals surface area contributed by atoms with Gasteiger partial charge in [-0.15, -0.1) is 0 Å². The van der Waals surface area contributed by atoms with Crippen LogP contribution in [0, 0.1) is 11.3 Å². The summed E-state index contributed by atoms with van der Waals surface area (Å²) in [5.41, 5.74) is 3.27. The van der Waals surface area contributed by atoms with Crippen molar-refractivity contribution in [3.8, 4) is 17.2 Å². The summed E-state index contributed by atoms with van der Waals surface area (Å²) >= 11 is 6.14. The molecule has 0 saturated heterocycles. The van der Waals surface area contributed by atoms with E-state index in [1.807, 2.05) is 43.4 Å². The molecule has 2 N–H and O–H groups in total. The second-order valence-corrected chi connectivity index (χ2v) is 7.49. The zero-order valence-electron chi connectivity index (χ0n) is 17.2. The van der Waals surface area contributed by atoms with Crippen LogP contribution in [0.5, 0.6) is 0 Å². The van der Waals surface area contributed by atoms with Gasteiger partial charge in [0.2, 0.25) is 5.91 Å². The summed E-state index contributed by atoms with van der Waals surface area (Å²) < 4.78 is 1.71. The fourth-order valence-electron chi connectivity index (χ4n) is 3.24. The lowest BCUT2D eigenvalue weighted by Gasteiger charge is -2.11. The van der Waals surface area contributed by atoms with Crippen LogP contribution in [0.3, 0.4) is 0 Å². The number of nitrogens with one attached hydrogen (secondary N) is 2. The van der Waals surface area contributed by atoms with E-state index in [-0.39, 0.29) is 12.3 Å². The average molecular weight is 443 g/mol. The number of nitriles is 1. The maximum atomic E-state index is 12.5. The highest BCUT2D eigenvalue weighted by molar-refractivity contribution is 6.31. The monoisotopic (exact) mass is 442 g/mol. The first-order valence-electron chi connectivity index (χ1n) is 9.82. The molecule has 0 aliphatic heterocycles. The number of amides is 1. The van der Waals surface area contributed by atoms with Gasteiger partial charge in [-0.1, -0.05) is 35.9 Å². The van der Waals surface area contributed by atoms with Crippen LogP contribution in [0.4, 0.5) is 17.3 Å². The van der Waals surface area contributed by atoms with Crippen LogP contribution in [-0.4, -0.2) is 20.7 Å². The first-order valence-corrected chi connectivity index (χ1v) is 10.2. The Hall–Kier alpha value is -4.15. The summed E-state index contributed by atoms with van der Waals surface area (Å²) in [5, 5.41) is 20.3. The van der Waals surface area contributed by atoms with Gasteiger partial charge in [0.05, 0.1) is 23.9 Å². The highest BCUT2D eigenvalue weighted by atomic mass is 35.5. The van der Waals surface area contributed by atoms with Crippen LogP contribution in [0.1, 0.15) is 11.1 Å². The van der Waals surface area contributed by atoms with Gasteiger partial charge in [0.25, 0.3) is 0 Å². The topological polar surface area (TPSA) is 95.6 Å². The van der Waals surface area contributed by atoms with E-state index in [0.717, 1.165) is 22.5 Å². The quantitative estimate of drug-likeness (QED) is 0.441. The van der Waals surface area contributed by atoms with Gasteiger partial charge in [-0.25, -0.2) is 4.98 Å². The van der Waals surface area contributed by atoms with Crippen molar-refractivity contribution < 1.29 is 4.79 Å². The molecule has 0 bridgehead atoms. The molecule has 0 unspecified atom stereocenters. The molecule has 8 heteroatoms. The van der Waals surface area contributed by atoms with Crippen LogP contribution in [0.15, 0.2) is 73.1 Å². The fraction of sp³-hybridized carbons (Fsp3) is 0.0833. The Morgan fingerprint density at radius 2 is 1.91 bits per heavy atom. The molecule has 32 heavy (non-hydrogen) atoms. The van der Waals surface area contributed by atoms with Gasteiger partial charge in [-0.3, -0.25) is 9.48 Å². The Labute approximate surface area is 190 Å². The van der Waals surface area contributed by atoms with Gasteiger partial charge in [0.15, 0.2) is 0 Å². The molecule has 1 amide bonds. The highest BCUT2D eigenvalue weighted by Crippen LogP contribution is 2.27. The number of aryl methyl sites for hydroxylation is 1. The summed E-state index contributed by atoms with van der Waals surface area (Å²) in [6, 6.07) is 20.3. The minimum atomic E-state index is -0.242. The van der Waals surface area contributed by atoms with Crippen molar-refractivity contribution in [2.45, 2.75) is 6.42 Å². The lowest BCUT2D eigenvalue weighted by atomic mass is 10.0. The number of aromatic nitrogens is 3. The maximum absolute atomic E-state index is 12.5. The molecular weight excluding hydrogens is 424 g/mol. The number of halogens is 1. The lowest BCUT2D eigenvalue weighted by Crippen LogP contribution is -2.15. The van der Waals surface area contributed by atoms with Crippen molar-refractivity contribution in [2.75, 3.05) is 10.6 Å². The molecule has 158 valence electrons. The van der Waals surface area contributed by atoms with Crippen molar-refractivity contribution in [1.29, 1.82) is 5.26 Å². The minimum Gasteiger partial charge on any atom is -0.325 e. The normalized spacial score (nSPS) is 10.4. The molecular formula is C24H19ClN6O. The summed E-state index contributed by atoms with van der Waals surface area (Å²) in [6.45, 7) is 0. The van der Waals surface area contributed by atoms with Crippen molar-refractivity contribution >= 4 is 34.8 Å². The Morgan fingerprint density at radius 3 is 2.66 bits per heavy atom. The number of hydrogen-bond donors (Lipinski definition) is 2. The van der Waals surface area contributed by atoms with E-state index in [0.29, 0.717) is 22.1 Å². The molecule has 2 aromatic heterocycles. The first-order chi connectivity index (χ1) is 15.5. The fourth-order valence-corrected chi connectivity index (χ4v) is 3.44. The SMILES string of the molecule is Cn1nccc1Nc1cc(-c2ccc(NC(=O)Cc3ccccc3Cl)c(C#N)c2)ccn1. The van der Waals surface area contributed by atoms with Crippen LogP contribution < -0.4 is 10.6 Å². The molecule has 2 heterocycles. The van der Waals surface area contributed by atoms with Gasteiger partial charge >= 0.3 is 0 Å². The van der Waals surface area contributed by atoms with Gasteiger partial charge in [0.1, 0.15) is 17.7 Å². The predicted molar refractivity (Wildman–Crippen MR) is 125 cm³/mol. The Balaban J connectivity index is 1.53. The average Bonchev–Trinajstić information content (AvgIpc) is 3.20.